The third kappa shape index (κ3) is 5.82. The van der Waals surface area contributed by atoms with Gasteiger partial charge in [-0.2, -0.15) is 0 Å². The highest BCUT2D eigenvalue weighted by molar-refractivity contribution is 6.23. The van der Waals surface area contributed by atoms with Crippen molar-refractivity contribution in [1.29, 1.82) is 0 Å². The monoisotopic (exact) mass is 739 g/mol. The lowest BCUT2D eigenvalue weighted by Gasteiger charge is -2.27. The predicted octanol–water partition coefficient (Wildman–Crippen LogP) is 16.0. The zero-order chi connectivity index (χ0) is 38.4. The fourth-order valence-corrected chi connectivity index (χ4v) is 8.60. The molecule has 0 spiro atoms. The lowest BCUT2D eigenvalue weighted by Crippen LogP contribution is -2.10. The van der Waals surface area contributed by atoms with Gasteiger partial charge in [-0.05, 0) is 97.6 Å². The Hall–Kier alpha value is -7.68. The zero-order valence-electron chi connectivity index (χ0n) is 31.7. The maximum atomic E-state index is 7.13. The van der Waals surface area contributed by atoms with Crippen LogP contribution in [0.15, 0.2) is 229 Å². The van der Waals surface area contributed by atoms with Crippen molar-refractivity contribution in [1.82, 2.24) is 0 Å². The molecule has 0 aliphatic heterocycles. The molecule has 0 atom stereocenters. The van der Waals surface area contributed by atoms with Crippen LogP contribution in [-0.4, -0.2) is 0 Å². The molecule has 0 bridgehead atoms. The summed E-state index contributed by atoms with van der Waals surface area (Å²) in [5, 5.41) is 6.83. The molecule has 0 amide bonds. The Morgan fingerprint density at radius 1 is 0.276 bits per heavy atom. The van der Waals surface area contributed by atoms with E-state index in [2.05, 4.69) is 229 Å². The van der Waals surface area contributed by atoms with Gasteiger partial charge in [0.05, 0.1) is 11.1 Å². The number of benzene rings is 10. The number of rotatable bonds is 7. The summed E-state index contributed by atoms with van der Waals surface area (Å²) in [7, 11) is 0. The fourth-order valence-electron chi connectivity index (χ4n) is 8.60. The first kappa shape index (κ1) is 33.6. The minimum absolute atomic E-state index is 0.876. The summed E-state index contributed by atoms with van der Waals surface area (Å²) in [6.07, 6.45) is 0. The summed E-state index contributed by atoms with van der Waals surface area (Å²) in [5.74, 6) is 0. The van der Waals surface area contributed by atoms with Crippen LogP contribution in [-0.2, 0) is 0 Å². The second kappa shape index (κ2) is 14.1. The molecule has 2 nitrogen and oxygen atoms in total. The van der Waals surface area contributed by atoms with E-state index in [1.54, 1.807) is 0 Å². The number of nitrogens with zero attached hydrogens (tertiary/aromatic N) is 1. The molecule has 0 unspecified atom stereocenters. The molecular formula is C56H37NO. The van der Waals surface area contributed by atoms with Crippen molar-refractivity contribution in [2.24, 2.45) is 0 Å². The standard InChI is InChI=1S/C56H37NO/c1-3-12-38(13-4-1)40-22-24-41(25-23-40)43-28-33-47(34-29-43)57(46-31-26-42(27-32-46)39-14-5-2-6-15-39)53-37-36-51(50-21-11-18-44-16-7-9-19-48(44)50)56-54(53)52-35-30-45-17-8-10-20-49(45)55(52)58-56/h1-37H. The highest BCUT2D eigenvalue weighted by Gasteiger charge is 2.24. The quantitative estimate of drug-likeness (QED) is 0.162. The highest BCUT2D eigenvalue weighted by atomic mass is 16.3. The first-order chi connectivity index (χ1) is 28.8. The smallest absolute Gasteiger partial charge is 0.145 e. The third-order valence-corrected chi connectivity index (χ3v) is 11.5. The van der Waals surface area contributed by atoms with Crippen molar-refractivity contribution in [3.63, 3.8) is 0 Å². The summed E-state index contributed by atoms with van der Waals surface area (Å²) in [4.78, 5) is 2.39. The van der Waals surface area contributed by atoms with Crippen molar-refractivity contribution in [2.75, 3.05) is 4.90 Å². The Balaban J connectivity index is 1.11. The average Bonchev–Trinajstić information content (AvgIpc) is 3.71. The number of furan rings is 1. The van der Waals surface area contributed by atoms with Crippen LogP contribution in [0.5, 0.6) is 0 Å². The molecule has 0 aliphatic carbocycles. The van der Waals surface area contributed by atoms with Crippen molar-refractivity contribution in [3.8, 4) is 44.5 Å². The van der Waals surface area contributed by atoms with E-state index in [0.29, 0.717) is 0 Å². The van der Waals surface area contributed by atoms with E-state index in [-0.39, 0.29) is 0 Å². The second-order valence-corrected chi connectivity index (χ2v) is 14.9. The van der Waals surface area contributed by atoms with Gasteiger partial charge in [-0.1, -0.05) is 182 Å². The van der Waals surface area contributed by atoms with Gasteiger partial charge < -0.3 is 9.32 Å². The van der Waals surface area contributed by atoms with Crippen molar-refractivity contribution in [2.45, 2.75) is 0 Å². The van der Waals surface area contributed by atoms with Gasteiger partial charge >= 0.3 is 0 Å². The Morgan fingerprint density at radius 2 is 0.741 bits per heavy atom. The molecular weight excluding hydrogens is 703 g/mol. The highest BCUT2D eigenvalue weighted by Crippen LogP contribution is 2.48. The molecule has 0 aliphatic rings. The van der Waals surface area contributed by atoms with Gasteiger partial charge in [-0.15, -0.1) is 0 Å². The van der Waals surface area contributed by atoms with Crippen molar-refractivity contribution < 1.29 is 4.42 Å². The fraction of sp³-hybridized carbons (Fsp3) is 0. The number of fused-ring (bicyclic) bond motifs is 6. The molecule has 0 N–H and O–H groups in total. The summed E-state index contributed by atoms with van der Waals surface area (Å²) in [6.45, 7) is 0. The third-order valence-electron chi connectivity index (χ3n) is 11.5. The van der Waals surface area contributed by atoms with Crippen LogP contribution in [0, 0.1) is 0 Å². The largest absolute Gasteiger partial charge is 0.455 e. The number of hydrogen-bond donors (Lipinski definition) is 0. The molecule has 2 heteroatoms. The van der Waals surface area contributed by atoms with E-state index >= 15 is 0 Å². The van der Waals surface area contributed by atoms with Crippen LogP contribution < -0.4 is 4.90 Å². The second-order valence-electron chi connectivity index (χ2n) is 14.9. The van der Waals surface area contributed by atoms with Gasteiger partial charge in [0.2, 0.25) is 0 Å². The van der Waals surface area contributed by atoms with Crippen LogP contribution in [0.2, 0.25) is 0 Å². The van der Waals surface area contributed by atoms with Gasteiger partial charge in [-0.3, -0.25) is 0 Å². The normalized spacial score (nSPS) is 11.4. The maximum Gasteiger partial charge on any atom is 0.145 e. The zero-order valence-corrected chi connectivity index (χ0v) is 31.7. The van der Waals surface area contributed by atoms with Gasteiger partial charge in [0.15, 0.2) is 0 Å². The molecule has 10 aromatic carbocycles. The maximum absolute atomic E-state index is 7.13. The molecule has 0 radical (unpaired) electrons. The minimum Gasteiger partial charge on any atom is -0.455 e. The molecule has 11 rings (SSSR count). The van der Waals surface area contributed by atoms with E-state index < -0.39 is 0 Å². The summed E-state index contributed by atoms with van der Waals surface area (Å²) in [5.41, 5.74) is 14.3. The first-order valence-electron chi connectivity index (χ1n) is 19.8. The first-order valence-corrected chi connectivity index (χ1v) is 19.8. The Labute approximate surface area is 337 Å². The van der Waals surface area contributed by atoms with Crippen molar-refractivity contribution >= 4 is 60.5 Å². The Morgan fingerprint density at radius 3 is 1.33 bits per heavy atom. The molecule has 1 aromatic heterocycles. The summed E-state index contributed by atoms with van der Waals surface area (Å²) < 4.78 is 7.13. The average molecular weight is 740 g/mol. The van der Waals surface area contributed by atoms with Crippen LogP contribution in [0.25, 0.3) is 88.0 Å². The Bertz CT molecular complexity index is 3230. The van der Waals surface area contributed by atoms with Gasteiger partial charge in [-0.25, -0.2) is 0 Å². The molecule has 0 saturated carbocycles. The molecule has 0 fully saturated rings. The van der Waals surface area contributed by atoms with E-state index in [1.165, 1.54) is 44.2 Å². The SMILES string of the molecule is c1ccc(-c2ccc(-c3ccc(N(c4ccc(-c5ccccc5)cc4)c4ccc(-c5cccc6ccccc56)c5oc6c7ccccc7ccc6c45)cc3)cc2)cc1. The summed E-state index contributed by atoms with van der Waals surface area (Å²) >= 11 is 0. The topological polar surface area (TPSA) is 16.4 Å². The molecule has 0 saturated heterocycles. The van der Waals surface area contributed by atoms with Crippen LogP contribution >= 0.6 is 0 Å². The van der Waals surface area contributed by atoms with Crippen LogP contribution in [0.1, 0.15) is 0 Å². The van der Waals surface area contributed by atoms with Gasteiger partial charge in [0.1, 0.15) is 11.2 Å². The van der Waals surface area contributed by atoms with E-state index in [9.17, 15) is 0 Å². The summed E-state index contributed by atoms with van der Waals surface area (Å²) in [6, 6.07) is 80.5. The van der Waals surface area contributed by atoms with Crippen LogP contribution in [0.3, 0.4) is 0 Å². The lowest BCUT2D eigenvalue weighted by atomic mass is 9.95. The van der Waals surface area contributed by atoms with E-state index in [1.807, 2.05) is 0 Å². The number of anilines is 3. The Kier molecular flexibility index (Phi) is 8.19. The van der Waals surface area contributed by atoms with Crippen molar-refractivity contribution in [3.05, 3.63) is 224 Å². The predicted molar refractivity (Wildman–Crippen MR) is 245 cm³/mol. The minimum atomic E-state index is 0.876. The van der Waals surface area contributed by atoms with E-state index in [4.69, 9.17) is 4.42 Å². The van der Waals surface area contributed by atoms with Crippen LogP contribution in [0.4, 0.5) is 17.1 Å². The van der Waals surface area contributed by atoms with Gasteiger partial charge in [0, 0.05) is 27.7 Å². The molecule has 58 heavy (non-hydrogen) atoms. The molecule has 1 heterocycles. The lowest BCUT2D eigenvalue weighted by molar-refractivity contribution is 0.674. The van der Waals surface area contributed by atoms with E-state index in [0.717, 1.165) is 60.9 Å². The molecule has 11 aromatic rings. The number of hydrogen-bond acceptors (Lipinski definition) is 2. The molecule has 272 valence electrons. The van der Waals surface area contributed by atoms with Gasteiger partial charge in [0.25, 0.3) is 0 Å².